The summed E-state index contributed by atoms with van der Waals surface area (Å²) < 4.78 is 0. The summed E-state index contributed by atoms with van der Waals surface area (Å²) in [7, 11) is 0. The van der Waals surface area contributed by atoms with Gasteiger partial charge in [0.05, 0.1) is 0 Å². The molecule has 0 heterocycles. The minimum atomic E-state index is 0.312. The summed E-state index contributed by atoms with van der Waals surface area (Å²) in [6, 6.07) is 4.47. The third kappa shape index (κ3) is 3.05. The fourth-order valence-electron chi connectivity index (χ4n) is 1.73. The van der Waals surface area contributed by atoms with Gasteiger partial charge in [0.25, 0.3) is 0 Å². The number of carbonyl (C=O) groups is 1. The van der Waals surface area contributed by atoms with Gasteiger partial charge in [-0.25, -0.2) is 0 Å². The standard InChI is InChI=1S/C13H18OS2/c1-9(5-6-14)11-8-12(15-3)10(2)7-13(11)16-4/h6-9H,5H2,1-4H3. The van der Waals surface area contributed by atoms with Gasteiger partial charge in [0.15, 0.2) is 0 Å². The first-order valence-corrected chi connectivity index (χ1v) is 7.75. The van der Waals surface area contributed by atoms with E-state index in [-0.39, 0.29) is 0 Å². The Morgan fingerprint density at radius 1 is 1.25 bits per heavy atom. The molecule has 16 heavy (non-hydrogen) atoms. The van der Waals surface area contributed by atoms with E-state index in [0.717, 1.165) is 6.29 Å². The Morgan fingerprint density at radius 2 is 1.88 bits per heavy atom. The van der Waals surface area contributed by atoms with Gasteiger partial charge in [-0.05, 0) is 48.6 Å². The first-order chi connectivity index (χ1) is 7.63. The van der Waals surface area contributed by atoms with Crippen molar-refractivity contribution in [3.63, 3.8) is 0 Å². The van der Waals surface area contributed by atoms with E-state index >= 15 is 0 Å². The molecule has 0 aliphatic rings. The van der Waals surface area contributed by atoms with E-state index in [9.17, 15) is 4.79 Å². The Bertz CT molecular complexity index is 374. The van der Waals surface area contributed by atoms with Crippen LogP contribution in [-0.4, -0.2) is 18.8 Å². The average molecular weight is 254 g/mol. The zero-order chi connectivity index (χ0) is 12.1. The second-order valence-electron chi connectivity index (χ2n) is 3.87. The van der Waals surface area contributed by atoms with Crippen molar-refractivity contribution >= 4 is 29.8 Å². The van der Waals surface area contributed by atoms with E-state index in [2.05, 4.69) is 38.5 Å². The van der Waals surface area contributed by atoms with Crippen molar-refractivity contribution < 1.29 is 4.79 Å². The van der Waals surface area contributed by atoms with Crippen LogP contribution in [0.1, 0.15) is 30.4 Å². The van der Waals surface area contributed by atoms with E-state index in [1.165, 1.54) is 20.9 Å². The van der Waals surface area contributed by atoms with Crippen LogP contribution in [0.4, 0.5) is 0 Å². The van der Waals surface area contributed by atoms with Crippen LogP contribution < -0.4 is 0 Å². The third-order valence-electron chi connectivity index (χ3n) is 2.73. The average Bonchev–Trinajstić information content (AvgIpc) is 2.28. The number of benzene rings is 1. The van der Waals surface area contributed by atoms with Gasteiger partial charge in [-0.2, -0.15) is 0 Å². The Labute approximate surface area is 106 Å². The van der Waals surface area contributed by atoms with Crippen LogP contribution in [0, 0.1) is 6.92 Å². The quantitative estimate of drug-likeness (QED) is 0.581. The molecule has 0 aliphatic heterocycles. The highest BCUT2D eigenvalue weighted by atomic mass is 32.2. The second-order valence-corrected chi connectivity index (χ2v) is 5.56. The predicted molar refractivity (Wildman–Crippen MR) is 73.8 cm³/mol. The summed E-state index contributed by atoms with van der Waals surface area (Å²) in [5, 5.41) is 0. The van der Waals surface area contributed by atoms with Crippen LogP contribution in [0.25, 0.3) is 0 Å². The highest BCUT2D eigenvalue weighted by Crippen LogP contribution is 2.34. The molecule has 3 heteroatoms. The lowest BCUT2D eigenvalue weighted by molar-refractivity contribution is -0.108. The predicted octanol–water partition coefficient (Wildman–Crippen LogP) is 4.13. The number of rotatable bonds is 5. The summed E-state index contributed by atoms with van der Waals surface area (Å²) >= 11 is 3.52. The van der Waals surface area contributed by atoms with Gasteiger partial charge in [-0.15, -0.1) is 23.5 Å². The first-order valence-electron chi connectivity index (χ1n) is 5.30. The maximum atomic E-state index is 10.6. The Hall–Kier alpha value is -0.410. The summed E-state index contributed by atoms with van der Waals surface area (Å²) in [5.74, 6) is 0.312. The third-order valence-corrected chi connectivity index (χ3v) is 4.40. The molecule has 0 N–H and O–H groups in total. The van der Waals surface area contributed by atoms with Crippen LogP contribution in [-0.2, 0) is 4.79 Å². The lowest BCUT2D eigenvalue weighted by Crippen LogP contribution is -1.98. The van der Waals surface area contributed by atoms with E-state index < -0.39 is 0 Å². The Morgan fingerprint density at radius 3 is 2.38 bits per heavy atom. The van der Waals surface area contributed by atoms with Gasteiger partial charge in [-0.3, -0.25) is 0 Å². The summed E-state index contributed by atoms with van der Waals surface area (Å²) in [4.78, 5) is 13.2. The van der Waals surface area contributed by atoms with Crippen LogP contribution in [0.5, 0.6) is 0 Å². The molecule has 1 unspecified atom stereocenters. The smallest absolute Gasteiger partial charge is 0.120 e. The highest BCUT2D eigenvalue weighted by molar-refractivity contribution is 7.99. The molecular formula is C13H18OS2. The number of carbonyl (C=O) groups excluding carboxylic acids is 1. The first kappa shape index (κ1) is 13.7. The lowest BCUT2D eigenvalue weighted by Gasteiger charge is -2.16. The van der Waals surface area contributed by atoms with Crippen molar-refractivity contribution in [2.24, 2.45) is 0 Å². The molecule has 1 aromatic rings. The molecule has 1 nitrogen and oxygen atoms in total. The minimum Gasteiger partial charge on any atom is -0.303 e. The number of aryl methyl sites for hydroxylation is 1. The van der Waals surface area contributed by atoms with Crippen molar-refractivity contribution in [2.45, 2.75) is 36.0 Å². The van der Waals surface area contributed by atoms with Crippen LogP contribution >= 0.6 is 23.5 Å². The lowest BCUT2D eigenvalue weighted by atomic mass is 9.97. The maximum absolute atomic E-state index is 10.6. The second kappa shape index (κ2) is 6.36. The Balaban J connectivity index is 3.18. The van der Waals surface area contributed by atoms with Gasteiger partial charge in [0.2, 0.25) is 0 Å². The van der Waals surface area contributed by atoms with Gasteiger partial charge < -0.3 is 4.79 Å². The molecule has 88 valence electrons. The number of thioether (sulfide) groups is 2. The SMILES string of the molecule is CSc1cc(C(C)CC=O)c(SC)cc1C. The van der Waals surface area contributed by atoms with E-state index in [0.29, 0.717) is 12.3 Å². The van der Waals surface area contributed by atoms with Gasteiger partial charge in [0, 0.05) is 16.2 Å². The number of aldehydes is 1. The Kier molecular flexibility index (Phi) is 5.42. The molecule has 0 aromatic heterocycles. The normalized spacial score (nSPS) is 12.5. The fourth-order valence-corrected chi connectivity index (χ4v) is 3.15. The van der Waals surface area contributed by atoms with Gasteiger partial charge >= 0.3 is 0 Å². The summed E-state index contributed by atoms with van der Waals surface area (Å²) in [6.45, 7) is 4.25. The zero-order valence-electron chi connectivity index (χ0n) is 10.2. The van der Waals surface area contributed by atoms with E-state index in [1.54, 1.807) is 23.5 Å². The van der Waals surface area contributed by atoms with Crippen LogP contribution in [0.15, 0.2) is 21.9 Å². The van der Waals surface area contributed by atoms with Gasteiger partial charge in [-0.1, -0.05) is 6.92 Å². The molecular weight excluding hydrogens is 236 g/mol. The molecule has 0 spiro atoms. The molecule has 1 atom stereocenters. The zero-order valence-corrected chi connectivity index (χ0v) is 11.9. The minimum absolute atomic E-state index is 0.312. The molecule has 0 radical (unpaired) electrons. The molecule has 0 bridgehead atoms. The monoisotopic (exact) mass is 254 g/mol. The topological polar surface area (TPSA) is 17.1 Å². The summed E-state index contributed by atoms with van der Waals surface area (Å²) in [5.41, 5.74) is 2.62. The van der Waals surface area contributed by atoms with Crippen molar-refractivity contribution in [3.05, 3.63) is 23.3 Å². The van der Waals surface area contributed by atoms with Crippen molar-refractivity contribution in [3.8, 4) is 0 Å². The van der Waals surface area contributed by atoms with Gasteiger partial charge in [0.1, 0.15) is 6.29 Å². The highest BCUT2D eigenvalue weighted by Gasteiger charge is 2.12. The number of hydrogen-bond acceptors (Lipinski definition) is 3. The number of hydrogen-bond donors (Lipinski definition) is 0. The van der Waals surface area contributed by atoms with E-state index in [1.807, 2.05) is 0 Å². The van der Waals surface area contributed by atoms with Crippen LogP contribution in [0.3, 0.4) is 0 Å². The molecule has 0 saturated heterocycles. The summed E-state index contributed by atoms with van der Waals surface area (Å²) in [6.07, 6.45) is 5.79. The van der Waals surface area contributed by atoms with Crippen molar-refractivity contribution in [1.82, 2.24) is 0 Å². The fraction of sp³-hybridized carbons (Fsp3) is 0.462. The molecule has 0 amide bonds. The van der Waals surface area contributed by atoms with Crippen LogP contribution in [0.2, 0.25) is 0 Å². The van der Waals surface area contributed by atoms with Crippen molar-refractivity contribution in [1.29, 1.82) is 0 Å². The van der Waals surface area contributed by atoms with Crippen molar-refractivity contribution in [2.75, 3.05) is 12.5 Å². The largest absolute Gasteiger partial charge is 0.303 e. The molecule has 0 aliphatic carbocycles. The molecule has 1 aromatic carbocycles. The molecule has 0 saturated carbocycles. The maximum Gasteiger partial charge on any atom is 0.120 e. The van der Waals surface area contributed by atoms with E-state index in [4.69, 9.17) is 0 Å². The molecule has 0 fully saturated rings. The molecule has 1 rings (SSSR count).